The molecule has 100 valence electrons. The maximum Gasteiger partial charge on any atom is 0.119 e. The lowest BCUT2D eigenvalue weighted by atomic mass is 9.96. The Morgan fingerprint density at radius 3 is 2.30 bits per heavy atom. The third-order valence-corrected chi connectivity index (χ3v) is 3.06. The highest BCUT2D eigenvalue weighted by atomic mass is 16.5. The van der Waals surface area contributed by atoms with Crippen LogP contribution in [0.4, 0.5) is 5.69 Å². The number of nitriles is 1. The number of hydrogen-bond acceptors (Lipinski definition) is 3. The summed E-state index contributed by atoms with van der Waals surface area (Å²) in [4.78, 5) is 4.52. The van der Waals surface area contributed by atoms with E-state index in [1.165, 1.54) is 0 Å². The Balaban J connectivity index is 2.26. The van der Waals surface area contributed by atoms with Crippen molar-refractivity contribution in [1.29, 1.82) is 5.26 Å². The molecular weight excluding hydrogens is 248 g/mol. The fourth-order valence-corrected chi connectivity index (χ4v) is 1.98. The van der Waals surface area contributed by atoms with E-state index in [4.69, 9.17) is 4.74 Å². The number of benzene rings is 2. The molecule has 1 atom stereocenters. The fraction of sp³-hybridized carbons (Fsp3) is 0.176. The largest absolute Gasteiger partial charge is 0.497 e. The van der Waals surface area contributed by atoms with E-state index in [-0.39, 0.29) is 5.92 Å². The molecule has 1 unspecified atom stereocenters. The van der Waals surface area contributed by atoms with Crippen LogP contribution < -0.4 is 4.74 Å². The van der Waals surface area contributed by atoms with Crippen LogP contribution in [0.3, 0.4) is 0 Å². The van der Waals surface area contributed by atoms with Crippen LogP contribution in [0.5, 0.6) is 5.75 Å². The van der Waals surface area contributed by atoms with E-state index >= 15 is 0 Å². The van der Waals surface area contributed by atoms with Crippen LogP contribution in [-0.2, 0) is 0 Å². The third-order valence-electron chi connectivity index (χ3n) is 3.06. The van der Waals surface area contributed by atoms with E-state index < -0.39 is 0 Å². The van der Waals surface area contributed by atoms with Crippen LogP contribution in [0, 0.1) is 11.3 Å². The van der Waals surface area contributed by atoms with Gasteiger partial charge in [0.1, 0.15) is 11.7 Å². The summed E-state index contributed by atoms with van der Waals surface area (Å²) in [6.07, 6.45) is 0. The molecule has 3 heteroatoms. The van der Waals surface area contributed by atoms with Crippen molar-refractivity contribution in [3.8, 4) is 11.8 Å². The van der Waals surface area contributed by atoms with Gasteiger partial charge in [-0.05, 0) is 36.8 Å². The highest BCUT2D eigenvalue weighted by Gasteiger charge is 2.13. The van der Waals surface area contributed by atoms with Crippen LogP contribution in [0.25, 0.3) is 0 Å². The number of rotatable bonds is 4. The van der Waals surface area contributed by atoms with E-state index in [2.05, 4.69) is 11.1 Å². The SMILES string of the molecule is COc1ccc(N=C(C)C(C#N)c2ccccc2)cc1. The molecule has 0 saturated heterocycles. The molecule has 2 aromatic rings. The van der Waals surface area contributed by atoms with Gasteiger partial charge in [-0.1, -0.05) is 30.3 Å². The molecule has 0 amide bonds. The average Bonchev–Trinajstić information content (AvgIpc) is 2.50. The Morgan fingerprint density at radius 1 is 1.10 bits per heavy atom. The molecule has 0 aliphatic rings. The van der Waals surface area contributed by atoms with Gasteiger partial charge in [0.2, 0.25) is 0 Å². The molecule has 0 aliphatic carbocycles. The summed E-state index contributed by atoms with van der Waals surface area (Å²) in [7, 11) is 1.63. The van der Waals surface area contributed by atoms with Gasteiger partial charge in [-0.25, -0.2) is 0 Å². The zero-order valence-corrected chi connectivity index (χ0v) is 11.6. The third kappa shape index (κ3) is 3.24. The lowest BCUT2D eigenvalue weighted by Crippen LogP contribution is -2.06. The maximum atomic E-state index is 9.36. The highest BCUT2D eigenvalue weighted by molar-refractivity contribution is 5.93. The normalized spacial score (nSPS) is 12.6. The molecule has 20 heavy (non-hydrogen) atoms. The van der Waals surface area contributed by atoms with Gasteiger partial charge in [0.25, 0.3) is 0 Å². The molecule has 3 nitrogen and oxygen atoms in total. The first-order valence-electron chi connectivity index (χ1n) is 6.38. The van der Waals surface area contributed by atoms with Gasteiger partial charge in [-0.3, -0.25) is 4.99 Å². The van der Waals surface area contributed by atoms with Crippen LogP contribution in [-0.4, -0.2) is 12.8 Å². The Hall–Kier alpha value is -2.60. The monoisotopic (exact) mass is 264 g/mol. The molecule has 0 aromatic heterocycles. The Labute approximate surface area is 119 Å². The van der Waals surface area contributed by atoms with Gasteiger partial charge in [-0.15, -0.1) is 0 Å². The molecule has 0 fully saturated rings. The van der Waals surface area contributed by atoms with Crippen molar-refractivity contribution in [2.75, 3.05) is 7.11 Å². The predicted octanol–water partition coefficient (Wildman–Crippen LogP) is 4.09. The molecule has 2 aromatic carbocycles. The lowest BCUT2D eigenvalue weighted by Gasteiger charge is -2.09. The zero-order valence-electron chi connectivity index (χ0n) is 11.6. The predicted molar refractivity (Wildman–Crippen MR) is 80.6 cm³/mol. The number of nitrogens with zero attached hydrogens (tertiary/aromatic N) is 2. The van der Waals surface area contributed by atoms with Gasteiger partial charge in [0, 0.05) is 5.71 Å². The van der Waals surface area contributed by atoms with Gasteiger partial charge in [0.05, 0.1) is 18.9 Å². The summed E-state index contributed by atoms with van der Waals surface area (Å²) in [5.41, 5.74) is 2.56. The molecular formula is C17H16N2O. The van der Waals surface area contributed by atoms with Crippen molar-refractivity contribution in [3.63, 3.8) is 0 Å². The molecule has 0 N–H and O–H groups in total. The molecule has 0 bridgehead atoms. The summed E-state index contributed by atoms with van der Waals surface area (Å²) in [5, 5.41) is 9.36. The highest BCUT2D eigenvalue weighted by Crippen LogP contribution is 2.22. The van der Waals surface area contributed by atoms with E-state index in [9.17, 15) is 5.26 Å². The van der Waals surface area contributed by atoms with E-state index in [0.29, 0.717) is 0 Å². The quantitative estimate of drug-likeness (QED) is 0.780. The van der Waals surface area contributed by atoms with Crippen molar-refractivity contribution in [2.24, 2.45) is 4.99 Å². The molecule has 0 aliphatic heterocycles. The van der Waals surface area contributed by atoms with Crippen LogP contribution in [0.15, 0.2) is 59.6 Å². The summed E-state index contributed by atoms with van der Waals surface area (Å²) < 4.78 is 5.11. The van der Waals surface area contributed by atoms with E-state index in [1.54, 1.807) is 7.11 Å². The first kappa shape index (κ1) is 13.8. The van der Waals surface area contributed by atoms with Crippen molar-refractivity contribution in [1.82, 2.24) is 0 Å². The zero-order chi connectivity index (χ0) is 14.4. The van der Waals surface area contributed by atoms with Crippen LogP contribution in [0.1, 0.15) is 18.4 Å². The minimum atomic E-state index is -0.321. The second-order valence-corrected chi connectivity index (χ2v) is 4.42. The van der Waals surface area contributed by atoms with Gasteiger partial charge >= 0.3 is 0 Å². The first-order chi connectivity index (χ1) is 9.74. The Kier molecular flexibility index (Phi) is 4.52. The van der Waals surface area contributed by atoms with Crippen LogP contribution in [0.2, 0.25) is 0 Å². The summed E-state index contributed by atoms with van der Waals surface area (Å²) in [6.45, 7) is 1.88. The van der Waals surface area contributed by atoms with Gasteiger partial charge in [-0.2, -0.15) is 5.26 Å². The number of ether oxygens (including phenoxy) is 1. The van der Waals surface area contributed by atoms with Gasteiger partial charge < -0.3 is 4.74 Å². The molecule has 0 heterocycles. The maximum absolute atomic E-state index is 9.36. The average molecular weight is 264 g/mol. The first-order valence-corrected chi connectivity index (χ1v) is 6.38. The lowest BCUT2D eigenvalue weighted by molar-refractivity contribution is 0.415. The fourth-order valence-electron chi connectivity index (χ4n) is 1.98. The Morgan fingerprint density at radius 2 is 1.75 bits per heavy atom. The summed E-state index contributed by atoms with van der Waals surface area (Å²) in [6, 6.07) is 19.5. The van der Waals surface area contributed by atoms with Gasteiger partial charge in [0.15, 0.2) is 0 Å². The smallest absolute Gasteiger partial charge is 0.119 e. The van der Waals surface area contributed by atoms with Crippen molar-refractivity contribution < 1.29 is 4.74 Å². The second kappa shape index (κ2) is 6.53. The number of aliphatic imine (C=N–C) groups is 1. The standard InChI is InChI=1S/C17H16N2O/c1-13(17(12-18)14-6-4-3-5-7-14)19-15-8-10-16(20-2)11-9-15/h3-11,17H,1-2H3. The van der Waals surface area contributed by atoms with E-state index in [0.717, 1.165) is 22.7 Å². The summed E-state index contributed by atoms with van der Waals surface area (Å²) in [5.74, 6) is 0.472. The minimum absolute atomic E-state index is 0.321. The van der Waals surface area contributed by atoms with Crippen molar-refractivity contribution in [2.45, 2.75) is 12.8 Å². The molecule has 0 radical (unpaired) electrons. The van der Waals surface area contributed by atoms with Crippen LogP contribution >= 0.6 is 0 Å². The van der Waals surface area contributed by atoms with E-state index in [1.807, 2.05) is 61.5 Å². The van der Waals surface area contributed by atoms with Crippen molar-refractivity contribution >= 4 is 11.4 Å². The summed E-state index contributed by atoms with van der Waals surface area (Å²) >= 11 is 0. The number of hydrogen-bond donors (Lipinski definition) is 0. The topological polar surface area (TPSA) is 45.4 Å². The minimum Gasteiger partial charge on any atom is -0.497 e. The second-order valence-electron chi connectivity index (χ2n) is 4.42. The molecule has 0 spiro atoms. The number of methoxy groups -OCH3 is 1. The van der Waals surface area contributed by atoms with Crippen molar-refractivity contribution in [3.05, 3.63) is 60.2 Å². The molecule has 0 saturated carbocycles. The Bertz CT molecular complexity index is 624. The molecule has 2 rings (SSSR count).